The van der Waals surface area contributed by atoms with E-state index in [-0.39, 0.29) is 0 Å². The third kappa shape index (κ3) is 2.05. The molecule has 2 aromatic carbocycles. The molecule has 0 unspecified atom stereocenters. The lowest BCUT2D eigenvalue weighted by Gasteiger charge is -2.20. The number of rotatable bonds is 2. The van der Waals surface area contributed by atoms with Crippen LogP contribution in [-0.4, -0.2) is 28.2 Å². The van der Waals surface area contributed by atoms with E-state index in [1.165, 1.54) is 28.2 Å². The lowest BCUT2D eigenvalue weighted by Crippen LogP contribution is -2.18. The Labute approximate surface area is 122 Å². The van der Waals surface area contributed by atoms with E-state index < -0.39 is 57.1 Å². The number of hydrogen-bond donors (Lipinski definition) is 0. The number of fused-ring (bicyclic) bond motifs is 1. The van der Waals surface area contributed by atoms with Gasteiger partial charge in [0.05, 0.1) is 10.8 Å². The van der Waals surface area contributed by atoms with Gasteiger partial charge in [0.25, 0.3) is 0 Å². The van der Waals surface area contributed by atoms with Crippen LogP contribution in [0, 0.1) is 34.9 Å². The molecule has 0 fully saturated rings. The molecule has 0 atom stereocenters. The molecule has 0 aromatic heterocycles. The second kappa shape index (κ2) is 5.26. The zero-order valence-electron chi connectivity index (χ0n) is 12.2. The summed E-state index contributed by atoms with van der Waals surface area (Å²) in [5.74, 6) is -10.0. The third-order valence-corrected chi connectivity index (χ3v) is 3.24. The standard InChI is InChI=1S/C14H12F6N2/c1-21(2)13-9(17)5-6(7(15)11(13)19)10(18)14(22(3)4)12(20)8(5)16/h1-4H3. The van der Waals surface area contributed by atoms with Crippen LogP contribution in [0.3, 0.4) is 0 Å². The van der Waals surface area contributed by atoms with Gasteiger partial charge in [-0.25, -0.2) is 26.3 Å². The van der Waals surface area contributed by atoms with Gasteiger partial charge in [-0.3, -0.25) is 0 Å². The summed E-state index contributed by atoms with van der Waals surface area (Å²) in [6, 6.07) is 0. The molecule has 0 bridgehead atoms. The normalized spacial score (nSPS) is 11.2. The highest BCUT2D eigenvalue weighted by Crippen LogP contribution is 2.40. The first kappa shape index (κ1) is 16.3. The molecule has 0 spiro atoms. The Morgan fingerprint density at radius 3 is 0.955 bits per heavy atom. The highest BCUT2D eigenvalue weighted by Gasteiger charge is 2.31. The molecule has 0 amide bonds. The highest BCUT2D eigenvalue weighted by atomic mass is 19.2. The van der Waals surface area contributed by atoms with Gasteiger partial charge >= 0.3 is 0 Å². The van der Waals surface area contributed by atoms with Crippen LogP contribution in [0.5, 0.6) is 0 Å². The summed E-state index contributed by atoms with van der Waals surface area (Å²) >= 11 is 0. The van der Waals surface area contributed by atoms with Crippen molar-refractivity contribution in [1.29, 1.82) is 0 Å². The molecule has 120 valence electrons. The van der Waals surface area contributed by atoms with Crippen LogP contribution >= 0.6 is 0 Å². The van der Waals surface area contributed by atoms with Crippen molar-refractivity contribution < 1.29 is 26.3 Å². The molecule has 2 aromatic rings. The Morgan fingerprint density at radius 2 is 0.727 bits per heavy atom. The summed E-state index contributed by atoms with van der Waals surface area (Å²) < 4.78 is 84.6. The Morgan fingerprint density at radius 1 is 0.455 bits per heavy atom. The molecule has 2 rings (SSSR count). The number of benzene rings is 2. The first-order chi connectivity index (χ1) is 10.1. The van der Waals surface area contributed by atoms with Crippen molar-refractivity contribution in [2.24, 2.45) is 0 Å². The second-order valence-electron chi connectivity index (χ2n) is 5.12. The average Bonchev–Trinajstić information content (AvgIpc) is 2.39. The van der Waals surface area contributed by atoms with Crippen molar-refractivity contribution in [2.45, 2.75) is 0 Å². The van der Waals surface area contributed by atoms with Gasteiger partial charge in [-0.05, 0) is 0 Å². The summed E-state index contributed by atoms with van der Waals surface area (Å²) in [4.78, 5) is 1.70. The van der Waals surface area contributed by atoms with Crippen LogP contribution in [0.4, 0.5) is 37.7 Å². The molecule has 22 heavy (non-hydrogen) atoms. The van der Waals surface area contributed by atoms with E-state index in [0.29, 0.717) is 0 Å². The third-order valence-electron chi connectivity index (χ3n) is 3.24. The van der Waals surface area contributed by atoms with Crippen LogP contribution in [0.15, 0.2) is 0 Å². The van der Waals surface area contributed by atoms with Gasteiger partial charge in [0.2, 0.25) is 0 Å². The largest absolute Gasteiger partial charge is 0.373 e. The molecule has 0 heterocycles. The smallest absolute Gasteiger partial charge is 0.185 e. The van der Waals surface area contributed by atoms with Crippen molar-refractivity contribution in [3.63, 3.8) is 0 Å². The van der Waals surface area contributed by atoms with Crippen LogP contribution in [0.1, 0.15) is 0 Å². The van der Waals surface area contributed by atoms with Crippen LogP contribution < -0.4 is 9.80 Å². The summed E-state index contributed by atoms with van der Waals surface area (Å²) in [7, 11) is 4.74. The number of nitrogens with zero attached hydrogens (tertiary/aromatic N) is 2. The minimum absolute atomic E-state index is 0.849. The summed E-state index contributed by atoms with van der Waals surface area (Å²) in [6.45, 7) is 0. The topological polar surface area (TPSA) is 6.48 Å². The molecule has 0 aliphatic heterocycles. The van der Waals surface area contributed by atoms with Crippen LogP contribution in [0.2, 0.25) is 0 Å². The van der Waals surface area contributed by atoms with Crippen LogP contribution in [-0.2, 0) is 0 Å². The molecule has 0 radical (unpaired) electrons. The van der Waals surface area contributed by atoms with Crippen molar-refractivity contribution in [1.82, 2.24) is 0 Å². The van der Waals surface area contributed by atoms with Gasteiger partial charge in [0.15, 0.2) is 34.9 Å². The Kier molecular flexibility index (Phi) is 3.88. The van der Waals surface area contributed by atoms with Gasteiger partial charge in [-0.15, -0.1) is 0 Å². The molecular weight excluding hydrogens is 310 g/mol. The van der Waals surface area contributed by atoms with Crippen molar-refractivity contribution in [2.75, 3.05) is 38.0 Å². The second-order valence-corrected chi connectivity index (χ2v) is 5.12. The van der Waals surface area contributed by atoms with E-state index in [2.05, 4.69) is 0 Å². The van der Waals surface area contributed by atoms with Crippen molar-refractivity contribution >= 4 is 22.1 Å². The first-order valence-corrected chi connectivity index (χ1v) is 6.12. The Bertz CT molecular complexity index is 705. The zero-order valence-corrected chi connectivity index (χ0v) is 12.2. The maximum atomic E-state index is 14.3. The number of halogens is 6. The van der Waals surface area contributed by atoms with E-state index in [4.69, 9.17) is 0 Å². The lowest BCUT2D eigenvalue weighted by molar-refractivity contribution is 0.482. The van der Waals surface area contributed by atoms with Gasteiger partial charge in [-0.1, -0.05) is 0 Å². The van der Waals surface area contributed by atoms with Gasteiger partial charge in [0.1, 0.15) is 11.4 Å². The Balaban J connectivity index is 3.15. The monoisotopic (exact) mass is 322 g/mol. The van der Waals surface area contributed by atoms with Gasteiger partial charge in [-0.2, -0.15) is 0 Å². The van der Waals surface area contributed by atoms with Crippen LogP contribution in [0.25, 0.3) is 10.8 Å². The molecule has 0 saturated carbocycles. The summed E-state index contributed by atoms with van der Waals surface area (Å²) in [5, 5.41) is -2.52. The van der Waals surface area contributed by atoms with Gasteiger partial charge < -0.3 is 9.80 Å². The fourth-order valence-electron chi connectivity index (χ4n) is 2.27. The maximum Gasteiger partial charge on any atom is 0.185 e. The molecule has 2 nitrogen and oxygen atoms in total. The van der Waals surface area contributed by atoms with Gasteiger partial charge in [0, 0.05) is 28.2 Å². The minimum atomic E-state index is -1.78. The fraction of sp³-hybridized carbons (Fsp3) is 0.286. The maximum absolute atomic E-state index is 14.3. The molecule has 0 aliphatic rings. The molecule has 0 N–H and O–H groups in total. The van der Waals surface area contributed by atoms with E-state index in [1.807, 2.05) is 0 Å². The predicted octanol–water partition coefficient (Wildman–Crippen LogP) is 3.81. The zero-order chi connectivity index (χ0) is 16.9. The molecular formula is C14H12F6N2. The molecule has 8 heteroatoms. The average molecular weight is 322 g/mol. The van der Waals surface area contributed by atoms with Crippen molar-refractivity contribution in [3.05, 3.63) is 34.9 Å². The van der Waals surface area contributed by atoms with E-state index >= 15 is 0 Å². The van der Waals surface area contributed by atoms with E-state index in [9.17, 15) is 26.3 Å². The van der Waals surface area contributed by atoms with Crippen molar-refractivity contribution in [3.8, 4) is 0 Å². The minimum Gasteiger partial charge on any atom is -0.373 e. The Hall–Kier alpha value is -2.12. The van der Waals surface area contributed by atoms with E-state index in [1.54, 1.807) is 0 Å². The number of anilines is 2. The highest BCUT2D eigenvalue weighted by molar-refractivity contribution is 5.92. The number of hydrogen-bond acceptors (Lipinski definition) is 2. The quantitative estimate of drug-likeness (QED) is 0.613. The molecule has 0 aliphatic carbocycles. The van der Waals surface area contributed by atoms with E-state index in [0.717, 1.165) is 9.80 Å². The SMILES string of the molecule is CN(C)c1c(F)c(F)c2c(F)c(N(C)C)c(F)c(F)c2c1F. The molecule has 0 saturated heterocycles. The summed E-state index contributed by atoms with van der Waals surface area (Å²) in [6.07, 6.45) is 0. The lowest BCUT2D eigenvalue weighted by atomic mass is 10.0. The summed E-state index contributed by atoms with van der Waals surface area (Å²) in [5.41, 5.74) is -1.83. The fourth-order valence-corrected chi connectivity index (χ4v) is 2.27. The predicted molar refractivity (Wildman–Crippen MR) is 72.4 cm³/mol. The first-order valence-electron chi connectivity index (χ1n) is 6.12.